The Morgan fingerprint density at radius 1 is 1.21 bits per heavy atom. The molecule has 1 aromatic carbocycles. The molecule has 0 amide bonds. The average molecular weight is 380 g/mol. The van der Waals surface area contributed by atoms with Crippen molar-refractivity contribution < 1.29 is 4.92 Å². The van der Waals surface area contributed by atoms with Crippen molar-refractivity contribution in [3.8, 4) is 0 Å². The van der Waals surface area contributed by atoms with Crippen molar-refractivity contribution in [3.63, 3.8) is 0 Å². The maximum Gasteiger partial charge on any atom is 0.258 e. The summed E-state index contributed by atoms with van der Waals surface area (Å²) >= 11 is 0. The number of allylic oxidation sites excluding steroid dienone is 1. The van der Waals surface area contributed by atoms with Crippen LogP contribution >= 0.6 is 0 Å². The molecule has 3 N–H and O–H groups in total. The largest absolute Gasteiger partial charge is 0.379 e. The minimum absolute atomic E-state index is 0.167. The Morgan fingerprint density at radius 2 is 1.89 bits per heavy atom. The van der Waals surface area contributed by atoms with Gasteiger partial charge in [0.05, 0.1) is 16.3 Å². The lowest BCUT2D eigenvalue weighted by Gasteiger charge is -2.44. The summed E-state index contributed by atoms with van der Waals surface area (Å²) in [5.41, 5.74) is 8.67. The summed E-state index contributed by atoms with van der Waals surface area (Å²) in [6.07, 6.45) is 2.24. The summed E-state index contributed by atoms with van der Waals surface area (Å²) in [4.78, 5) is 16.4. The second kappa shape index (κ2) is 7.36. The van der Waals surface area contributed by atoms with Crippen LogP contribution in [-0.4, -0.2) is 15.9 Å². The lowest BCUT2D eigenvalue weighted by atomic mass is 9.60. The molecule has 0 saturated heterocycles. The van der Waals surface area contributed by atoms with Crippen molar-refractivity contribution in [2.45, 2.75) is 52.1 Å². The molecule has 2 atom stereocenters. The Balaban J connectivity index is 2.07. The third kappa shape index (κ3) is 3.52. The molecule has 0 spiro atoms. The van der Waals surface area contributed by atoms with Gasteiger partial charge in [-0.1, -0.05) is 44.2 Å². The van der Waals surface area contributed by atoms with Crippen molar-refractivity contribution in [1.82, 2.24) is 4.98 Å². The van der Waals surface area contributed by atoms with Crippen LogP contribution in [0, 0.1) is 15.5 Å². The van der Waals surface area contributed by atoms with E-state index < -0.39 is 5.41 Å². The van der Waals surface area contributed by atoms with Crippen LogP contribution in [0.2, 0.25) is 0 Å². The molecule has 0 radical (unpaired) electrons. The van der Waals surface area contributed by atoms with Crippen molar-refractivity contribution in [2.24, 2.45) is 11.1 Å². The summed E-state index contributed by atoms with van der Waals surface area (Å²) in [5.74, 6) is 0. The molecule has 0 bridgehead atoms. The number of pyridine rings is 1. The smallest absolute Gasteiger partial charge is 0.258 e. The fraction of sp³-hybridized carbons (Fsp3) is 0.409. The summed E-state index contributed by atoms with van der Waals surface area (Å²) in [6.45, 7) is 8.45. The first kappa shape index (κ1) is 20.0. The number of anilines is 1. The quantitative estimate of drug-likeness (QED) is 0.597. The van der Waals surface area contributed by atoms with Gasteiger partial charge in [-0.2, -0.15) is 0 Å². The molecule has 28 heavy (non-hydrogen) atoms. The van der Waals surface area contributed by atoms with Gasteiger partial charge in [0.1, 0.15) is 5.41 Å². The Morgan fingerprint density at radius 3 is 2.54 bits per heavy atom. The zero-order chi connectivity index (χ0) is 20.5. The van der Waals surface area contributed by atoms with E-state index in [0.29, 0.717) is 24.2 Å². The molecule has 2 aromatic rings. The number of nitro groups is 1. The van der Waals surface area contributed by atoms with Gasteiger partial charge < -0.3 is 11.1 Å². The average Bonchev–Trinajstić information content (AvgIpc) is 2.65. The Labute approximate surface area is 166 Å². The highest BCUT2D eigenvalue weighted by Gasteiger charge is 2.53. The molecule has 148 valence electrons. The van der Waals surface area contributed by atoms with E-state index in [1.54, 1.807) is 13.1 Å². The van der Waals surface area contributed by atoms with E-state index in [0.717, 1.165) is 11.3 Å². The third-order valence-electron chi connectivity index (χ3n) is 5.85. The van der Waals surface area contributed by atoms with Crippen LogP contribution in [0.4, 0.5) is 5.69 Å². The molecule has 0 saturated carbocycles. The molecule has 1 heterocycles. The molecule has 6 nitrogen and oxygen atoms in total. The van der Waals surface area contributed by atoms with E-state index in [4.69, 9.17) is 5.73 Å². The highest BCUT2D eigenvalue weighted by atomic mass is 16.6. The van der Waals surface area contributed by atoms with Gasteiger partial charge in [0.15, 0.2) is 0 Å². The summed E-state index contributed by atoms with van der Waals surface area (Å²) < 4.78 is 0. The monoisotopic (exact) mass is 380 g/mol. The minimum atomic E-state index is -0.840. The number of rotatable bonds is 5. The van der Waals surface area contributed by atoms with Crippen LogP contribution in [-0.2, 0) is 12.0 Å². The Kier molecular flexibility index (Phi) is 5.26. The number of nitrogens with one attached hydrogen (secondary N) is 1. The van der Waals surface area contributed by atoms with E-state index in [1.807, 2.05) is 49.4 Å². The zero-order valence-corrected chi connectivity index (χ0v) is 16.9. The molecule has 1 aliphatic carbocycles. The van der Waals surface area contributed by atoms with E-state index in [-0.39, 0.29) is 22.1 Å². The van der Waals surface area contributed by atoms with E-state index in [9.17, 15) is 10.1 Å². The van der Waals surface area contributed by atoms with Crippen molar-refractivity contribution in [1.29, 1.82) is 0 Å². The molecule has 1 aliphatic rings. The van der Waals surface area contributed by atoms with Gasteiger partial charge in [-0.05, 0) is 43.4 Å². The van der Waals surface area contributed by atoms with Gasteiger partial charge in [-0.3, -0.25) is 15.1 Å². The SMILES string of the molecule is CC1=C([N+](=O)[O-])C(C)(c2ncccc2NCc2ccccc2)CC(C)(C)C1N. The highest BCUT2D eigenvalue weighted by Crippen LogP contribution is 2.51. The topological polar surface area (TPSA) is 94.1 Å². The molecular formula is C22H28N4O2. The van der Waals surface area contributed by atoms with Crippen LogP contribution in [0.3, 0.4) is 0 Å². The molecule has 6 heteroatoms. The predicted molar refractivity (Wildman–Crippen MR) is 111 cm³/mol. The number of hydrogen-bond acceptors (Lipinski definition) is 5. The standard InChI is InChI=1S/C22H28N4O2/c1-15-18(23)21(2,3)14-22(4,20(15)26(27)28)19-17(11-8-12-24-19)25-13-16-9-6-5-7-10-16/h5-12,18,25H,13-14,23H2,1-4H3. The normalized spacial score (nSPS) is 24.1. The lowest BCUT2D eigenvalue weighted by Crippen LogP contribution is -2.50. The highest BCUT2D eigenvalue weighted by molar-refractivity contribution is 5.55. The van der Waals surface area contributed by atoms with Crippen molar-refractivity contribution in [2.75, 3.05) is 5.32 Å². The first-order chi connectivity index (χ1) is 13.2. The molecule has 2 unspecified atom stereocenters. The van der Waals surface area contributed by atoms with Gasteiger partial charge >= 0.3 is 0 Å². The fourth-order valence-electron chi connectivity index (χ4n) is 4.60. The fourth-order valence-corrected chi connectivity index (χ4v) is 4.60. The van der Waals surface area contributed by atoms with Crippen LogP contribution in [0.5, 0.6) is 0 Å². The van der Waals surface area contributed by atoms with Gasteiger partial charge in [0, 0.05) is 24.4 Å². The second-order valence-corrected chi connectivity index (χ2v) is 8.50. The number of aromatic nitrogens is 1. The van der Waals surface area contributed by atoms with Crippen LogP contribution in [0.1, 0.15) is 45.4 Å². The van der Waals surface area contributed by atoms with Gasteiger partial charge in [0.25, 0.3) is 5.70 Å². The predicted octanol–water partition coefficient (Wildman–Crippen LogP) is 4.26. The number of nitrogens with two attached hydrogens (primary N) is 1. The Hall–Kier alpha value is -2.73. The molecule has 0 aliphatic heterocycles. The van der Waals surface area contributed by atoms with Crippen molar-refractivity contribution in [3.05, 3.63) is 81.3 Å². The summed E-state index contributed by atoms with van der Waals surface area (Å²) in [5, 5.41) is 15.5. The Bertz CT molecular complexity index is 908. The van der Waals surface area contributed by atoms with Crippen LogP contribution in [0.15, 0.2) is 59.9 Å². The minimum Gasteiger partial charge on any atom is -0.379 e. The van der Waals surface area contributed by atoms with Crippen LogP contribution in [0.25, 0.3) is 0 Å². The van der Waals surface area contributed by atoms with Crippen molar-refractivity contribution >= 4 is 5.69 Å². The molecular weight excluding hydrogens is 352 g/mol. The van der Waals surface area contributed by atoms with Gasteiger partial charge in [0.2, 0.25) is 0 Å². The maximum absolute atomic E-state index is 12.0. The van der Waals surface area contributed by atoms with Crippen LogP contribution < -0.4 is 11.1 Å². The first-order valence-corrected chi connectivity index (χ1v) is 9.51. The summed E-state index contributed by atoms with van der Waals surface area (Å²) in [7, 11) is 0. The van der Waals surface area contributed by atoms with E-state index in [1.165, 1.54) is 0 Å². The second-order valence-electron chi connectivity index (χ2n) is 8.50. The zero-order valence-electron chi connectivity index (χ0n) is 16.9. The number of nitrogens with zero attached hydrogens (tertiary/aromatic N) is 2. The van der Waals surface area contributed by atoms with E-state index >= 15 is 0 Å². The van der Waals surface area contributed by atoms with E-state index in [2.05, 4.69) is 24.1 Å². The number of hydrogen-bond donors (Lipinski definition) is 2. The molecule has 3 rings (SSSR count). The number of benzene rings is 1. The third-order valence-corrected chi connectivity index (χ3v) is 5.85. The first-order valence-electron chi connectivity index (χ1n) is 9.51. The molecule has 1 aromatic heterocycles. The summed E-state index contributed by atoms with van der Waals surface area (Å²) in [6, 6.07) is 13.5. The maximum atomic E-state index is 12.0. The van der Waals surface area contributed by atoms with Gasteiger partial charge in [-0.15, -0.1) is 0 Å². The van der Waals surface area contributed by atoms with Gasteiger partial charge in [-0.25, -0.2) is 0 Å². The lowest BCUT2D eigenvalue weighted by molar-refractivity contribution is -0.439. The molecule has 0 fully saturated rings.